The summed E-state index contributed by atoms with van der Waals surface area (Å²) in [5, 5.41) is 3.79. The summed E-state index contributed by atoms with van der Waals surface area (Å²) in [6, 6.07) is 14.1. The lowest BCUT2D eigenvalue weighted by atomic mass is 9.84. The Kier molecular flexibility index (Phi) is 5.77. The number of fused-ring (bicyclic) bond motifs is 1. The van der Waals surface area contributed by atoms with E-state index in [1.54, 1.807) is 34.6 Å². The normalized spacial score (nSPS) is 17.7. The fourth-order valence-corrected chi connectivity index (χ4v) is 4.14. The Balaban J connectivity index is 1.89. The number of nitrogens with one attached hydrogen (secondary N) is 1. The number of pyridine rings is 1. The number of hydrogen-bond acceptors (Lipinski definition) is 6. The van der Waals surface area contributed by atoms with Crippen LogP contribution in [0.5, 0.6) is 23.0 Å². The van der Waals surface area contributed by atoms with Gasteiger partial charge in [-0.3, -0.25) is 10.3 Å². The van der Waals surface area contributed by atoms with Gasteiger partial charge in [-0.25, -0.2) is 0 Å². The van der Waals surface area contributed by atoms with Crippen molar-refractivity contribution in [1.82, 2.24) is 10.3 Å². The van der Waals surface area contributed by atoms with Gasteiger partial charge >= 0.3 is 0 Å². The minimum atomic E-state index is -0.121. The number of methoxy groups -OCH3 is 4. The summed E-state index contributed by atoms with van der Waals surface area (Å²) in [5.41, 5.74) is 4.44. The van der Waals surface area contributed by atoms with Crippen molar-refractivity contribution in [3.05, 3.63) is 77.1 Å². The van der Waals surface area contributed by atoms with E-state index in [-0.39, 0.29) is 12.1 Å². The zero-order valence-corrected chi connectivity index (χ0v) is 17.6. The maximum atomic E-state index is 5.74. The van der Waals surface area contributed by atoms with Crippen molar-refractivity contribution in [2.75, 3.05) is 28.4 Å². The van der Waals surface area contributed by atoms with Crippen LogP contribution in [0.2, 0.25) is 0 Å². The van der Waals surface area contributed by atoms with E-state index in [9.17, 15) is 0 Å². The molecule has 0 bridgehead atoms. The molecular formula is C24H26N2O4. The van der Waals surface area contributed by atoms with E-state index in [1.807, 2.05) is 30.5 Å². The first-order chi connectivity index (χ1) is 14.7. The minimum absolute atomic E-state index is 0.0882. The number of rotatable bonds is 6. The SMILES string of the molecule is COc1cc2c(cc1OC)[C@H](c1cccc(OC)c1OC)N[C@H](c1cccnc1)C2. The van der Waals surface area contributed by atoms with E-state index >= 15 is 0 Å². The smallest absolute Gasteiger partial charge is 0.165 e. The molecule has 0 amide bonds. The maximum Gasteiger partial charge on any atom is 0.165 e. The molecule has 6 heteroatoms. The first kappa shape index (κ1) is 20.0. The molecule has 0 spiro atoms. The molecule has 30 heavy (non-hydrogen) atoms. The van der Waals surface area contributed by atoms with Gasteiger partial charge in [0.1, 0.15) is 0 Å². The van der Waals surface area contributed by atoms with Crippen LogP contribution >= 0.6 is 0 Å². The molecule has 1 N–H and O–H groups in total. The molecule has 4 rings (SSSR count). The van der Waals surface area contributed by atoms with Crippen LogP contribution in [-0.2, 0) is 6.42 Å². The third-order valence-corrected chi connectivity index (χ3v) is 5.58. The van der Waals surface area contributed by atoms with Gasteiger partial charge in [-0.15, -0.1) is 0 Å². The fourth-order valence-electron chi connectivity index (χ4n) is 4.14. The molecule has 0 fully saturated rings. The van der Waals surface area contributed by atoms with Gasteiger partial charge in [-0.2, -0.15) is 0 Å². The lowest BCUT2D eigenvalue weighted by Gasteiger charge is -2.35. The second-order valence-corrected chi connectivity index (χ2v) is 7.13. The fraction of sp³-hybridized carbons (Fsp3) is 0.292. The second-order valence-electron chi connectivity index (χ2n) is 7.13. The van der Waals surface area contributed by atoms with Gasteiger partial charge in [-0.1, -0.05) is 18.2 Å². The maximum absolute atomic E-state index is 5.74. The molecule has 1 aromatic heterocycles. The average Bonchev–Trinajstić information content (AvgIpc) is 2.82. The van der Waals surface area contributed by atoms with E-state index in [2.05, 4.69) is 28.5 Å². The zero-order chi connectivity index (χ0) is 21.1. The van der Waals surface area contributed by atoms with Crippen molar-refractivity contribution in [2.45, 2.75) is 18.5 Å². The summed E-state index contributed by atoms with van der Waals surface area (Å²) in [5.74, 6) is 2.83. The van der Waals surface area contributed by atoms with E-state index in [0.29, 0.717) is 17.2 Å². The van der Waals surface area contributed by atoms with Crippen molar-refractivity contribution in [1.29, 1.82) is 0 Å². The first-order valence-corrected chi connectivity index (χ1v) is 9.81. The van der Waals surface area contributed by atoms with E-state index < -0.39 is 0 Å². The summed E-state index contributed by atoms with van der Waals surface area (Å²) >= 11 is 0. The molecule has 0 radical (unpaired) electrons. The molecular weight excluding hydrogens is 380 g/mol. The zero-order valence-electron chi connectivity index (χ0n) is 17.6. The molecule has 1 aliphatic heterocycles. The van der Waals surface area contributed by atoms with Crippen LogP contribution < -0.4 is 24.3 Å². The third-order valence-electron chi connectivity index (χ3n) is 5.58. The molecule has 2 atom stereocenters. The number of para-hydroxylation sites is 1. The second kappa shape index (κ2) is 8.63. The van der Waals surface area contributed by atoms with Gasteiger partial charge in [-0.05, 0) is 47.4 Å². The molecule has 156 valence electrons. The summed E-state index contributed by atoms with van der Waals surface area (Å²) in [6.07, 6.45) is 4.50. The van der Waals surface area contributed by atoms with Crippen LogP contribution in [0.4, 0.5) is 0 Å². The first-order valence-electron chi connectivity index (χ1n) is 9.81. The van der Waals surface area contributed by atoms with E-state index in [4.69, 9.17) is 18.9 Å². The van der Waals surface area contributed by atoms with Gasteiger partial charge in [0, 0.05) is 24.0 Å². The lowest BCUT2D eigenvalue weighted by molar-refractivity contribution is 0.341. The standard InChI is InChI=1S/C24H26N2O4/c1-27-20-9-5-8-17(24(20)30-4)23-18-13-22(29-3)21(28-2)12-16(18)11-19(26-23)15-7-6-10-25-14-15/h5-10,12-14,19,23,26H,11H2,1-4H3/t19-,23-/m0/s1. The van der Waals surface area contributed by atoms with Gasteiger partial charge in [0.15, 0.2) is 23.0 Å². The van der Waals surface area contributed by atoms with Gasteiger partial charge < -0.3 is 18.9 Å². The predicted molar refractivity (Wildman–Crippen MR) is 115 cm³/mol. The number of hydrogen-bond donors (Lipinski definition) is 1. The molecule has 3 aromatic rings. The van der Waals surface area contributed by atoms with Gasteiger partial charge in [0.05, 0.1) is 34.5 Å². The Hall–Kier alpha value is -3.25. The quantitative estimate of drug-likeness (QED) is 0.665. The summed E-state index contributed by atoms with van der Waals surface area (Å²) < 4.78 is 22.4. The lowest BCUT2D eigenvalue weighted by Crippen LogP contribution is -2.34. The van der Waals surface area contributed by atoms with Crippen LogP contribution in [0.15, 0.2) is 54.9 Å². The third kappa shape index (κ3) is 3.55. The van der Waals surface area contributed by atoms with Crippen molar-refractivity contribution >= 4 is 0 Å². The van der Waals surface area contributed by atoms with Crippen molar-refractivity contribution < 1.29 is 18.9 Å². The number of aromatic nitrogens is 1. The van der Waals surface area contributed by atoms with Crippen molar-refractivity contribution in [3.63, 3.8) is 0 Å². The van der Waals surface area contributed by atoms with Crippen molar-refractivity contribution in [3.8, 4) is 23.0 Å². The topological polar surface area (TPSA) is 61.8 Å². The van der Waals surface area contributed by atoms with E-state index in [0.717, 1.165) is 28.9 Å². The molecule has 1 aliphatic rings. The summed E-state index contributed by atoms with van der Waals surface area (Å²) in [6.45, 7) is 0. The number of benzene rings is 2. The molecule has 0 unspecified atom stereocenters. The summed E-state index contributed by atoms with van der Waals surface area (Å²) in [7, 11) is 6.63. The Bertz CT molecular complexity index is 1020. The predicted octanol–water partition coefficient (Wildman–Crippen LogP) is 4.09. The van der Waals surface area contributed by atoms with Crippen molar-refractivity contribution in [2.24, 2.45) is 0 Å². The highest BCUT2D eigenvalue weighted by Crippen LogP contribution is 2.45. The monoisotopic (exact) mass is 406 g/mol. The Morgan fingerprint density at radius 2 is 1.60 bits per heavy atom. The summed E-state index contributed by atoms with van der Waals surface area (Å²) in [4.78, 5) is 4.31. The molecule has 2 heterocycles. The largest absolute Gasteiger partial charge is 0.493 e. The molecule has 0 saturated heterocycles. The highest BCUT2D eigenvalue weighted by atomic mass is 16.5. The Morgan fingerprint density at radius 1 is 0.833 bits per heavy atom. The van der Waals surface area contributed by atoms with Crippen LogP contribution in [0.25, 0.3) is 0 Å². The average molecular weight is 406 g/mol. The molecule has 2 aromatic carbocycles. The molecule has 0 saturated carbocycles. The molecule has 0 aliphatic carbocycles. The van der Waals surface area contributed by atoms with Gasteiger partial charge in [0.25, 0.3) is 0 Å². The Labute approximate surface area is 176 Å². The van der Waals surface area contributed by atoms with Crippen LogP contribution in [0, 0.1) is 0 Å². The minimum Gasteiger partial charge on any atom is -0.493 e. The van der Waals surface area contributed by atoms with Crippen LogP contribution in [0.1, 0.15) is 34.3 Å². The Morgan fingerprint density at radius 3 is 2.27 bits per heavy atom. The highest BCUT2D eigenvalue weighted by molar-refractivity contribution is 5.56. The highest BCUT2D eigenvalue weighted by Gasteiger charge is 2.32. The van der Waals surface area contributed by atoms with Gasteiger partial charge in [0.2, 0.25) is 0 Å². The number of ether oxygens (including phenoxy) is 4. The van der Waals surface area contributed by atoms with E-state index in [1.165, 1.54) is 5.56 Å². The number of nitrogens with zero attached hydrogens (tertiary/aromatic N) is 1. The molecule has 6 nitrogen and oxygen atoms in total. The van der Waals surface area contributed by atoms with Crippen LogP contribution in [-0.4, -0.2) is 33.4 Å². The van der Waals surface area contributed by atoms with Crippen LogP contribution in [0.3, 0.4) is 0 Å².